The summed E-state index contributed by atoms with van der Waals surface area (Å²) in [6.45, 7) is -0.0554. The average Bonchev–Trinajstić information content (AvgIpc) is 2.17. The van der Waals surface area contributed by atoms with Gasteiger partial charge in [0.25, 0.3) is 0 Å². The first-order valence-corrected chi connectivity index (χ1v) is 3.62. The highest BCUT2D eigenvalue weighted by atomic mass is 19.1. The van der Waals surface area contributed by atoms with E-state index in [0.29, 0.717) is 11.4 Å². The Hall–Kier alpha value is -1.16. The van der Waals surface area contributed by atoms with Crippen molar-refractivity contribution in [3.63, 3.8) is 0 Å². The zero-order valence-electron chi connectivity index (χ0n) is 6.83. The van der Waals surface area contributed by atoms with Crippen LogP contribution in [0.5, 0.6) is 5.75 Å². The number of halogens is 1. The maximum absolute atomic E-state index is 12.9. The number of ether oxygens (including phenoxy) is 1. The highest BCUT2D eigenvalue weighted by molar-refractivity contribution is 5.23. The van der Waals surface area contributed by atoms with Gasteiger partial charge in [-0.15, -0.1) is 0 Å². The van der Waals surface area contributed by atoms with Gasteiger partial charge in [0.1, 0.15) is 5.75 Å². The lowest BCUT2D eigenvalue weighted by atomic mass is 10.2. The first-order chi connectivity index (χ1) is 5.77. The Morgan fingerprint density at radius 2 is 2.50 bits per heavy atom. The first kappa shape index (κ1) is 8.93. The molecular formula is C8H11FN2O. The largest absolute Gasteiger partial charge is 0.497 e. The Balaban J connectivity index is 2.86. The van der Waals surface area contributed by atoms with Gasteiger partial charge in [-0.2, -0.15) is 0 Å². The highest BCUT2D eigenvalue weighted by Gasteiger charge is 2.08. The lowest BCUT2D eigenvalue weighted by molar-refractivity contribution is 0.341. The molecule has 0 bridgehead atoms. The normalized spacial score (nSPS) is 12.6. The lowest BCUT2D eigenvalue weighted by Gasteiger charge is -2.05. The number of methoxy groups -OCH3 is 1. The van der Waals surface area contributed by atoms with Crippen molar-refractivity contribution in [2.24, 2.45) is 5.73 Å². The van der Waals surface area contributed by atoms with Crippen LogP contribution in [-0.2, 0) is 0 Å². The van der Waals surface area contributed by atoms with Gasteiger partial charge in [0.15, 0.2) is 6.17 Å². The van der Waals surface area contributed by atoms with E-state index in [4.69, 9.17) is 10.5 Å². The molecular weight excluding hydrogens is 159 g/mol. The predicted octanol–water partition coefficient (Wildman–Crippen LogP) is 1.06. The van der Waals surface area contributed by atoms with Crippen LogP contribution in [0.25, 0.3) is 0 Å². The topological polar surface area (TPSA) is 48.1 Å². The summed E-state index contributed by atoms with van der Waals surface area (Å²) in [5.41, 5.74) is 5.46. The van der Waals surface area contributed by atoms with Crippen LogP contribution in [0.2, 0.25) is 0 Å². The van der Waals surface area contributed by atoms with Crippen LogP contribution in [-0.4, -0.2) is 18.6 Å². The van der Waals surface area contributed by atoms with Crippen molar-refractivity contribution in [1.82, 2.24) is 4.98 Å². The van der Waals surface area contributed by atoms with Gasteiger partial charge >= 0.3 is 0 Å². The number of hydrogen-bond donors (Lipinski definition) is 1. The number of hydrogen-bond acceptors (Lipinski definition) is 3. The molecule has 0 aliphatic heterocycles. The van der Waals surface area contributed by atoms with Crippen molar-refractivity contribution in [1.29, 1.82) is 0 Å². The molecule has 0 saturated heterocycles. The van der Waals surface area contributed by atoms with Crippen LogP contribution >= 0.6 is 0 Å². The van der Waals surface area contributed by atoms with E-state index in [1.165, 1.54) is 19.4 Å². The molecule has 0 aromatic carbocycles. The minimum atomic E-state index is -1.21. The lowest BCUT2D eigenvalue weighted by Crippen LogP contribution is -2.09. The Morgan fingerprint density at radius 1 is 1.75 bits per heavy atom. The fourth-order valence-electron chi connectivity index (χ4n) is 0.847. The molecule has 0 spiro atoms. The third-order valence-corrected chi connectivity index (χ3v) is 1.52. The van der Waals surface area contributed by atoms with Crippen LogP contribution in [0.15, 0.2) is 18.3 Å². The third-order valence-electron chi connectivity index (χ3n) is 1.52. The van der Waals surface area contributed by atoms with Gasteiger partial charge in [-0.3, -0.25) is 4.98 Å². The molecule has 1 atom stereocenters. The molecule has 12 heavy (non-hydrogen) atoms. The van der Waals surface area contributed by atoms with E-state index in [1.54, 1.807) is 6.07 Å². The molecule has 1 aromatic rings. The minimum Gasteiger partial charge on any atom is -0.497 e. The van der Waals surface area contributed by atoms with E-state index >= 15 is 0 Å². The molecule has 66 valence electrons. The van der Waals surface area contributed by atoms with E-state index in [9.17, 15) is 4.39 Å². The molecule has 1 unspecified atom stereocenters. The molecule has 4 heteroatoms. The SMILES string of the molecule is COc1ccnc(C(F)CN)c1. The number of aromatic nitrogens is 1. The number of nitrogens with zero attached hydrogens (tertiary/aromatic N) is 1. The van der Waals surface area contributed by atoms with E-state index < -0.39 is 6.17 Å². The van der Waals surface area contributed by atoms with Gasteiger partial charge < -0.3 is 10.5 Å². The second-order valence-corrected chi connectivity index (χ2v) is 2.32. The summed E-state index contributed by atoms with van der Waals surface area (Å²) in [4.78, 5) is 3.82. The van der Waals surface area contributed by atoms with Crippen molar-refractivity contribution in [3.8, 4) is 5.75 Å². The van der Waals surface area contributed by atoms with E-state index in [2.05, 4.69) is 4.98 Å². The second kappa shape index (κ2) is 4.01. The molecule has 0 fully saturated rings. The van der Waals surface area contributed by atoms with Crippen molar-refractivity contribution in [3.05, 3.63) is 24.0 Å². The smallest absolute Gasteiger partial charge is 0.154 e. The standard InChI is InChI=1S/C8H11FN2O/c1-12-6-2-3-11-8(4-6)7(9)5-10/h2-4,7H,5,10H2,1H3. The van der Waals surface area contributed by atoms with Crippen LogP contribution in [0, 0.1) is 0 Å². The summed E-state index contributed by atoms with van der Waals surface area (Å²) >= 11 is 0. The average molecular weight is 170 g/mol. The highest BCUT2D eigenvalue weighted by Crippen LogP contribution is 2.17. The van der Waals surface area contributed by atoms with Crippen molar-refractivity contribution in [2.75, 3.05) is 13.7 Å². The van der Waals surface area contributed by atoms with Gasteiger partial charge in [-0.1, -0.05) is 0 Å². The fraction of sp³-hybridized carbons (Fsp3) is 0.375. The quantitative estimate of drug-likeness (QED) is 0.737. The van der Waals surface area contributed by atoms with Crippen molar-refractivity contribution in [2.45, 2.75) is 6.17 Å². The zero-order valence-corrected chi connectivity index (χ0v) is 6.83. The summed E-state index contributed by atoms with van der Waals surface area (Å²) in [5, 5.41) is 0. The molecule has 1 rings (SSSR count). The zero-order chi connectivity index (χ0) is 8.97. The monoisotopic (exact) mass is 170 g/mol. The number of rotatable bonds is 3. The van der Waals surface area contributed by atoms with Gasteiger partial charge in [0.2, 0.25) is 0 Å². The van der Waals surface area contributed by atoms with Gasteiger partial charge in [-0.05, 0) is 6.07 Å². The predicted molar refractivity (Wildman–Crippen MR) is 43.7 cm³/mol. The molecule has 2 N–H and O–H groups in total. The molecule has 0 radical (unpaired) electrons. The Morgan fingerprint density at radius 3 is 3.08 bits per heavy atom. The maximum atomic E-state index is 12.9. The van der Waals surface area contributed by atoms with Crippen LogP contribution in [0.4, 0.5) is 4.39 Å². The van der Waals surface area contributed by atoms with Gasteiger partial charge in [0.05, 0.1) is 12.8 Å². The van der Waals surface area contributed by atoms with Crippen LogP contribution in [0.1, 0.15) is 11.9 Å². The summed E-state index contributed by atoms with van der Waals surface area (Å²) in [5.74, 6) is 0.594. The Kier molecular flexibility index (Phi) is 2.99. The molecule has 3 nitrogen and oxygen atoms in total. The van der Waals surface area contributed by atoms with E-state index in [0.717, 1.165) is 0 Å². The molecule has 0 aliphatic rings. The summed E-state index contributed by atoms with van der Waals surface area (Å²) in [7, 11) is 1.52. The molecule has 0 aliphatic carbocycles. The second-order valence-electron chi connectivity index (χ2n) is 2.32. The maximum Gasteiger partial charge on any atom is 0.154 e. The summed E-state index contributed by atoms with van der Waals surface area (Å²) in [6, 6.07) is 3.20. The first-order valence-electron chi connectivity index (χ1n) is 3.62. The Labute approximate surface area is 70.4 Å². The molecule has 0 amide bonds. The van der Waals surface area contributed by atoms with Crippen LogP contribution < -0.4 is 10.5 Å². The number of alkyl halides is 1. The van der Waals surface area contributed by atoms with Gasteiger partial charge in [-0.25, -0.2) is 4.39 Å². The number of nitrogens with two attached hydrogens (primary N) is 1. The number of pyridine rings is 1. The van der Waals surface area contributed by atoms with Gasteiger partial charge in [0, 0.05) is 18.8 Å². The summed E-state index contributed by atoms with van der Waals surface area (Å²) < 4.78 is 17.8. The van der Waals surface area contributed by atoms with Crippen molar-refractivity contribution < 1.29 is 9.13 Å². The van der Waals surface area contributed by atoms with E-state index in [1.807, 2.05) is 0 Å². The fourth-order valence-corrected chi connectivity index (χ4v) is 0.847. The minimum absolute atomic E-state index is 0.0554. The molecule has 0 saturated carbocycles. The van der Waals surface area contributed by atoms with Crippen molar-refractivity contribution >= 4 is 0 Å². The Bertz CT molecular complexity index is 255. The van der Waals surface area contributed by atoms with Crippen LogP contribution in [0.3, 0.4) is 0 Å². The molecule has 1 aromatic heterocycles. The molecule has 1 heterocycles. The summed E-state index contributed by atoms with van der Waals surface area (Å²) in [6.07, 6.45) is 0.288. The third kappa shape index (κ3) is 1.92. The van der Waals surface area contributed by atoms with E-state index in [-0.39, 0.29) is 6.54 Å².